The highest BCUT2D eigenvalue weighted by atomic mass is 16.7. The maximum Gasteiger partial charge on any atom is 0.313 e. The summed E-state index contributed by atoms with van der Waals surface area (Å²) in [6.07, 6.45) is 28.5. The first-order valence-electron chi connectivity index (χ1n) is 25.9. The molecule has 0 unspecified atom stereocenters. The van der Waals surface area contributed by atoms with E-state index in [1.807, 2.05) is 83.1 Å². The number of esters is 4. The molecule has 446 valence electrons. The largest absolute Gasteiger partial charge is 0.438 e. The maximum atomic E-state index is 11.7. The van der Waals surface area contributed by atoms with E-state index in [0.29, 0.717) is 18.1 Å². The quantitative estimate of drug-likeness (QED) is 0.0355. The molecular formula is C61H130O12. The lowest BCUT2D eigenvalue weighted by Gasteiger charge is -2.24. The first kappa shape index (κ1) is 87.4. The first-order valence-corrected chi connectivity index (χ1v) is 25.9. The van der Waals surface area contributed by atoms with Gasteiger partial charge in [-0.1, -0.05) is 164 Å². The molecule has 4 saturated carbocycles. The minimum absolute atomic E-state index is 0. The Bertz CT molecular complexity index is 1270. The van der Waals surface area contributed by atoms with Crippen molar-refractivity contribution in [1.82, 2.24) is 0 Å². The molecule has 73 heavy (non-hydrogen) atoms. The van der Waals surface area contributed by atoms with Crippen LogP contribution < -0.4 is 0 Å². The molecule has 0 aliphatic heterocycles. The van der Waals surface area contributed by atoms with E-state index in [1.54, 1.807) is 0 Å². The van der Waals surface area contributed by atoms with Crippen LogP contribution in [0.1, 0.15) is 297 Å². The van der Waals surface area contributed by atoms with Crippen LogP contribution in [0.5, 0.6) is 0 Å². The van der Waals surface area contributed by atoms with E-state index in [-0.39, 0.29) is 122 Å². The number of carbonyl (C=O) groups excluding carboxylic acids is 4. The summed E-state index contributed by atoms with van der Waals surface area (Å²) >= 11 is 0. The molecule has 0 atom stereocenters. The zero-order valence-corrected chi connectivity index (χ0v) is 43.7. The van der Waals surface area contributed by atoms with Gasteiger partial charge in [0.15, 0.2) is 27.2 Å². The van der Waals surface area contributed by atoms with Gasteiger partial charge in [0.25, 0.3) is 0 Å². The summed E-state index contributed by atoms with van der Waals surface area (Å²) in [6, 6.07) is 0. The van der Waals surface area contributed by atoms with E-state index < -0.39 is 16.2 Å². The van der Waals surface area contributed by atoms with Crippen LogP contribution in [0.4, 0.5) is 0 Å². The molecule has 0 aromatic carbocycles. The SMILES string of the molecule is C.C.C.C.C.C.C.C.CCC(C)(C)C(=O)OCOC1CCCC1.CCC(C)(C)C(=O)OCOC1CCCCC1.CCC(C)(C)C(=O)OCOC1CCCCCC1.CCC(C)(C)C(=O)OCOCC1CCCCC1. The lowest BCUT2D eigenvalue weighted by atomic mass is 9.90. The van der Waals surface area contributed by atoms with Gasteiger partial charge in [-0.05, 0) is 138 Å². The van der Waals surface area contributed by atoms with Crippen LogP contribution in [0.3, 0.4) is 0 Å². The Morgan fingerprint density at radius 2 is 0.534 bits per heavy atom. The fourth-order valence-corrected chi connectivity index (χ4v) is 7.27. The van der Waals surface area contributed by atoms with Crippen molar-refractivity contribution < 1.29 is 57.1 Å². The van der Waals surface area contributed by atoms with Crippen molar-refractivity contribution >= 4 is 23.9 Å². The Morgan fingerprint density at radius 1 is 0.329 bits per heavy atom. The average molecular weight is 1060 g/mol. The molecule has 0 aromatic heterocycles. The summed E-state index contributed by atoms with van der Waals surface area (Å²) in [6.45, 7) is 24.3. The number of ether oxygens (including phenoxy) is 8. The molecule has 4 aliphatic rings. The van der Waals surface area contributed by atoms with E-state index in [9.17, 15) is 19.2 Å². The molecule has 12 nitrogen and oxygen atoms in total. The van der Waals surface area contributed by atoms with Crippen molar-refractivity contribution in [2.75, 3.05) is 33.8 Å². The van der Waals surface area contributed by atoms with Crippen LogP contribution in [0.2, 0.25) is 0 Å². The second-order valence-electron chi connectivity index (χ2n) is 21.3. The van der Waals surface area contributed by atoms with Crippen molar-refractivity contribution in [1.29, 1.82) is 0 Å². The molecule has 0 N–H and O–H groups in total. The van der Waals surface area contributed by atoms with Crippen molar-refractivity contribution in [2.45, 2.75) is 315 Å². The van der Waals surface area contributed by atoms with Crippen molar-refractivity contribution in [3.8, 4) is 0 Å². The van der Waals surface area contributed by atoms with Gasteiger partial charge in [-0.25, -0.2) is 0 Å². The summed E-state index contributed by atoms with van der Waals surface area (Å²) in [5.74, 6) is 0.0210. The third kappa shape index (κ3) is 38.8. The summed E-state index contributed by atoms with van der Waals surface area (Å²) in [5.41, 5.74) is -1.57. The molecule has 0 heterocycles. The van der Waals surface area contributed by atoms with Gasteiger partial charge in [0.2, 0.25) is 0 Å². The Hall–Kier alpha value is -2.28. The number of rotatable bonds is 21. The van der Waals surface area contributed by atoms with Crippen LogP contribution in [-0.2, 0) is 57.1 Å². The molecular weight excluding hydrogens is 925 g/mol. The summed E-state index contributed by atoms with van der Waals surface area (Å²) in [5, 5.41) is 0. The van der Waals surface area contributed by atoms with Crippen LogP contribution in [0, 0.1) is 27.6 Å². The highest BCUT2D eigenvalue weighted by molar-refractivity contribution is 5.76. The van der Waals surface area contributed by atoms with Gasteiger partial charge in [0, 0.05) is 0 Å². The lowest BCUT2D eigenvalue weighted by Crippen LogP contribution is -2.28. The average Bonchev–Trinajstić information content (AvgIpc) is 3.70. The Morgan fingerprint density at radius 3 is 0.781 bits per heavy atom. The monoisotopic (exact) mass is 1050 g/mol. The lowest BCUT2D eigenvalue weighted by molar-refractivity contribution is -0.173. The standard InChI is InChI=1S/2C14H26O3.C13H24O3.C12H22O3.8CH4/c1-4-14(2,3)13(15)17-11-16-10-12-8-6-5-7-9-12;1-4-14(2,3)13(15)17-11-16-12-9-7-5-6-8-10-12;1-4-13(2,3)12(14)16-10-15-11-8-6-5-7-9-11;1-4-12(2,3)11(13)15-9-14-10-7-5-6-8-10;;;;;;;;/h2*12H,4-11H2,1-3H3;11H,4-10H2,1-3H3;10H,4-9H2,1-3H3;8*1H4. The van der Waals surface area contributed by atoms with Crippen LogP contribution >= 0.6 is 0 Å². The van der Waals surface area contributed by atoms with Crippen molar-refractivity contribution in [2.24, 2.45) is 27.6 Å². The van der Waals surface area contributed by atoms with E-state index in [0.717, 1.165) is 70.8 Å². The topological polar surface area (TPSA) is 142 Å². The summed E-state index contributed by atoms with van der Waals surface area (Å²) in [4.78, 5) is 46.6. The second-order valence-corrected chi connectivity index (χ2v) is 21.3. The van der Waals surface area contributed by atoms with Gasteiger partial charge in [-0.3, -0.25) is 19.2 Å². The Labute approximate surface area is 455 Å². The molecule has 0 saturated heterocycles. The van der Waals surface area contributed by atoms with Gasteiger partial charge in [-0.2, -0.15) is 0 Å². The number of hydrogen-bond acceptors (Lipinski definition) is 12. The van der Waals surface area contributed by atoms with E-state index >= 15 is 0 Å². The van der Waals surface area contributed by atoms with Crippen LogP contribution in [0.15, 0.2) is 0 Å². The molecule has 0 bridgehead atoms. The van der Waals surface area contributed by atoms with Crippen LogP contribution in [0.25, 0.3) is 0 Å². The second kappa shape index (κ2) is 48.1. The number of carbonyl (C=O) groups is 4. The molecule has 0 spiro atoms. The smallest absolute Gasteiger partial charge is 0.313 e. The van der Waals surface area contributed by atoms with Crippen LogP contribution in [-0.4, -0.2) is 76.0 Å². The predicted molar refractivity (Wildman–Crippen MR) is 310 cm³/mol. The Kier molecular flexibility index (Phi) is 57.6. The zero-order chi connectivity index (χ0) is 48.8. The third-order valence-electron chi connectivity index (χ3n) is 14.2. The maximum absolute atomic E-state index is 11.7. The van der Waals surface area contributed by atoms with Crippen molar-refractivity contribution in [3.05, 3.63) is 0 Å². The molecule has 4 aliphatic carbocycles. The van der Waals surface area contributed by atoms with E-state index in [4.69, 9.17) is 37.9 Å². The highest BCUT2D eigenvalue weighted by Crippen LogP contribution is 2.27. The zero-order valence-electron chi connectivity index (χ0n) is 43.7. The molecule has 4 fully saturated rings. The van der Waals surface area contributed by atoms with Gasteiger partial charge in [-0.15, -0.1) is 0 Å². The fourth-order valence-electron chi connectivity index (χ4n) is 7.27. The van der Waals surface area contributed by atoms with Gasteiger partial charge in [0.1, 0.15) is 0 Å². The summed E-state index contributed by atoms with van der Waals surface area (Å²) < 4.78 is 42.6. The molecule has 12 heteroatoms. The third-order valence-corrected chi connectivity index (χ3v) is 14.2. The van der Waals surface area contributed by atoms with Gasteiger partial charge < -0.3 is 37.9 Å². The van der Waals surface area contributed by atoms with Gasteiger partial charge >= 0.3 is 23.9 Å². The molecule has 0 radical (unpaired) electrons. The normalized spacial score (nSPS) is 16.3. The minimum atomic E-state index is -0.396. The summed E-state index contributed by atoms with van der Waals surface area (Å²) in [7, 11) is 0. The van der Waals surface area contributed by atoms with E-state index in [2.05, 4.69) is 0 Å². The molecule has 0 amide bonds. The van der Waals surface area contributed by atoms with Crippen molar-refractivity contribution in [3.63, 3.8) is 0 Å². The number of hydrogen-bond donors (Lipinski definition) is 0. The van der Waals surface area contributed by atoms with E-state index in [1.165, 1.54) is 89.9 Å². The minimum Gasteiger partial charge on any atom is -0.438 e. The Balaban J connectivity index is -0.000000124. The van der Waals surface area contributed by atoms with Gasteiger partial charge in [0.05, 0.1) is 46.6 Å². The fraction of sp³-hybridized carbons (Fsp3) is 0.934. The molecule has 0 aromatic rings. The first-order chi connectivity index (χ1) is 30.7. The predicted octanol–water partition coefficient (Wildman–Crippen LogP) is 18.4. The highest BCUT2D eigenvalue weighted by Gasteiger charge is 2.30. The molecule has 4 rings (SSSR count).